The fourth-order valence-electron chi connectivity index (χ4n) is 2.29. The van der Waals surface area contributed by atoms with E-state index in [0.717, 1.165) is 11.3 Å². The van der Waals surface area contributed by atoms with Crippen molar-refractivity contribution in [2.24, 2.45) is 7.05 Å². The summed E-state index contributed by atoms with van der Waals surface area (Å²) in [7, 11) is 5.68. The quantitative estimate of drug-likeness (QED) is 0.655. The van der Waals surface area contributed by atoms with Crippen molar-refractivity contribution in [1.82, 2.24) is 9.78 Å². The Kier molecular flexibility index (Phi) is 4.65. The first-order valence-electron chi connectivity index (χ1n) is 7.14. The second kappa shape index (κ2) is 6.46. The number of hydrogen-bond acceptors (Lipinski definition) is 5. The van der Waals surface area contributed by atoms with E-state index in [1.165, 1.54) is 4.68 Å². The number of aryl methyl sites for hydroxylation is 2. The van der Waals surface area contributed by atoms with Crippen LogP contribution in [0, 0.1) is 10.1 Å². The monoisotopic (exact) mass is 303 g/mol. The van der Waals surface area contributed by atoms with Crippen LogP contribution in [0.1, 0.15) is 18.2 Å². The Labute approximate surface area is 129 Å². The second-order valence-corrected chi connectivity index (χ2v) is 5.29. The number of benzene rings is 1. The van der Waals surface area contributed by atoms with Crippen LogP contribution in [-0.4, -0.2) is 28.8 Å². The summed E-state index contributed by atoms with van der Waals surface area (Å²) in [5, 5.41) is 18.6. The fourth-order valence-corrected chi connectivity index (χ4v) is 2.29. The Bertz CT molecular complexity index is 661. The summed E-state index contributed by atoms with van der Waals surface area (Å²) >= 11 is 0. The lowest BCUT2D eigenvalue weighted by molar-refractivity contribution is -0.384. The van der Waals surface area contributed by atoms with Gasteiger partial charge in [-0.1, -0.05) is 19.1 Å². The van der Waals surface area contributed by atoms with E-state index in [-0.39, 0.29) is 10.6 Å². The number of nitrogens with zero attached hydrogens (tertiary/aromatic N) is 4. The van der Waals surface area contributed by atoms with Gasteiger partial charge in [0.15, 0.2) is 0 Å². The largest absolute Gasteiger partial charge is 0.378 e. The van der Waals surface area contributed by atoms with Crippen LogP contribution in [0.15, 0.2) is 24.3 Å². The first-order chi connectivity index (χ1) is 10.4. The normalized spacial score (nSPS) is 10.5. The van der Waals surface area contributed by atoms with Gasteiger partial charge < -0.3 is 10.2 Å². The number of nitrogens with one attached hydrogen (secondary N) is 1. The summed E-state index contributed by atoms with van der Waals surface area (Å²) in [6, 6.07) is 8.05. The molecule has 0 unspecified atom stereocenters. The average Bonchev–Trinajstić information content (AvgIpc) is 2.81. The van der Waals surface area contributed by atoms with Gasteiger partial charge in [-0.05, 0) is 24.1 Å². The number of nitro groups is 1. The highest BCUT2D eigenvalue weighted by Gasteiger charge is 2.25. The molecule has 2 rings (SSSR count). The van der Waals surface area contributed by atoms with E-state index in [9.17, 15) is 10.1 Å². The Morgan fingerprint density at radius 2 is 1.95 bits per heavy atom. The van der Waals surface area contributed by atoms with Crippen molar-refractivity contribution in [3.05, 3.63) is 45.6 Å². The van der Waals surface area contributed by atoms with Gasteiger partial charge in [-0.25, -0.2) is 4.68 Å². The highest BCUT2D eigenvalue weighted by Crippen LogP contribution is 2.28. The second-order valence-electron chi connectivity index (χ2n) is 5.29. The molecule has 1 N–H and O–H groups in total. The van der Waals surface area contributed by atoms with Crippen molar-refractivity contribution in [3.63, 3.8) is 0 Å². The molecule has 22 heavy (non-hydrogen) atoms. The van der Waals surface area contributed by atoms with Crippen LogP contribution in [0.2, 0.25) is 0 Å². The molecule has 0 aliphatic carbocycles. The van der Waals surface area contributed by atoms with Gasteiger partial charge in [-0.2, -0.15) is 5.10 Å². The molecule has 0 fully saturated rings. The maximum atomic E-state index is 11.3. The maximum Gasteiger partial charge on any atom is 0.333 e. The predicted molar refractivity (Wildman–Crippen MR) is 87.3 cm³/mol. The minimum atomic E-state index is -0.372. The molecule has 1 aromatic carbocycles. The summed E-state index contributed by atoms with van der Waals surface area (Å²) < 4.78 is 1.53. The molecule has 0 radical (unpaired) electrons. The van der Waals surface area contributed by atoms with Crippen LogP contribution < -0.4 is 10.2 Å². The van der Waals surface area contributed by atoms with Crippen molar-refractivity contribution in [1.29, 1.82) is 0 Å². The first kappa shape index (κ1) is 15.8. The molecule has 0 atom stereocenters. The van der Waals surface area contributed by atoms with E-state index in [1.54, 1.807) is 7.05 Å². The zero-order chi connectivity index (χ0) is 16.3. The molecule has 7 heteroatoms. The van der Waals surface area contributed by atoms with Gasteiger partial charge in [0.2, 0.25) is 5.82 Å². The van der Waals surface area contributed by atoms with Crippen molar-refractivity contribution >= 4 is 17.2 Å². The van der Waals surface area contributed by atoms with E-state index in [0.29, 0.717) is 24.5 Å². The van der Waals surface area contributed by atoms with Crippen molar-refractivity contribution in [2.45, 2.75) is 19.9 Å². The Balaban J connectivity index is 2.17. The van der Waals surface area contributed by atoms with Crippen molar-refractivity contribution in [3.8, 4) is 0 Å². The maximum absolute atomic E-state index is 11.3. The van der Waals surface area contributed by atoms with Gasteiger partial charge in [0, 0.05) is 33.4 Å². The van der Waals surface area contributed by atoms with Crippen LogP contribution in [0.4, 0.5) is 17.2 Å². The topological polar surface area (TPSA) is 76.2 Å². The molecule has 1 heterocycles. The highest BCUT2D eigenvalue weighted by molar-refractivity contribution is 5.60. The Hall–Kier alpha value is -2.57. The van der Waals surface area contributed by atoms with E-state index < -0.39 is 0 Å². The van der Waals surface area contributed by atoms with Crippen LogP contribution in [0.3, 0.4) is 0 Å². The van der Waals surface area contributed by atoms with E-state index in [2.05, 4.69) is 10.4 Å². The Morgan fingerprint density at radius 1 is 1.32 bits per heavy atom. The van der Waals surface area contributed by atoms with E-state index in [1.807, 2.05) is 50.2 Å². The average molecular weight is 303 g/mol. The molecule has 118 valence electrons. The number of rotatable bonds is 6. The highest BCUT2D eigenvalue weighted by atomic mass is 16.6. The number of anilines is 2. The summed E-state index contributed by atoms with van der Waals surface area (Å²) in [5.74, 6) is 0.443. The molecular formula is C15H21N5O2. The van der Waals surface area contributed by atoms with E-state index >= 15 is 0 Å². The lowest BCUT2D eigenvalue weighted by Crippen LogP contribution is -2.09. The summed E-state index contributed by atoms with van der Waals surface area (Å²) in [4.78, 5) is 12.9. The molecule has 0 aliphatic heterocycles. The number of hydrogen-bond donors (Lipinski definition) is 1. The summed E-state index contributed by atoms with van der Waals surface area (Å²) in [6.07, 6.45) is 0.531. The van der Waals surface area contributed by atoms with Crippen LogP contribution in [0.5, 0.6) is 0 Å². The molecular weight excluding hydrogens is 282 g/mol. The zero-order valence-corrected chi connectivity index (χ0v) is 13.3. The molecule has 1 aromatic heterocycles. The molecule has 7 nitrogen and oxygen atoms in total. The summed E-state index contributed by atoms with van der Waals surface area (Å²) in [5.41, 5.74) is 2.73. The lowest BCUT2D eigenvalue weighted by Gasteiger charge is -2.13. The van der Waals surface area contributed by atoms with Gasteiger partial charge in [0.25, 0.3) is 0 Å². The van der Waals surface area contributed by atoms with Crippen LogP contribution in [-0.2, 0) is 20.0 Å². The van der Waals surface area contributed by atoms with Gasteiger partial charge in [-0.15, -0.1) is 0 Å². The van der Waals surface area contributed by atoms with Crippen molar-refractivity contribution in [2.75, 3.05) is 24.3 Å². The molecule has 0 saturated carbocycles. The third-order valence-electron chi connectivity index (χ3n) is 3.52. The smallest absolute Gasteiger partial charge is 0.333 e. The molecule has 0 saturated heterocycles. The predicted octanol–water partition coefficient (Wildman–Crippen LogP) is 2.57. The van der Waals surface area contributed by atoms with Crippen LogP contribution in [0.25, 0.3) is 0 Å². The molecule has 0 amide bonds. The fraction of sp³-hybridized carbons (Fsp3) is 0.400. The third-order valence-corrected chi connectivity index (χ3v) is 3.52. The molecule has 0 spiro atoms. The molecule has 0 aliphatic rings. The van der Waals surface area contributed by atoms with Gasteiger partial charge >= 0.3 is 5.69 Å². The van der Waals surface area contributed by atoms with Crippen molar-refractivity contribution < 1.29 is 4.92 Å². The summed E-state index contributed by atoms with van der Waals surface area (Å²) in [6.45, 7) is 2.37. The molecule has 2 aromatic rings. The van der Waals surface area contributed by atoms with E-state index in [4.69, 9.17) is 0 Å². The van der Waals surface area contributed by atoms with Gasteiger partial charge in [0.05, 0.1) is 4.92 Å². The minimum Gasteiger partial charge on any atom is -0.378 e. The number of aromatic nitrogens is 2. The molecule has 0 bridgehead atoms. The first-order valence-corrected chi connectivity index (χ1v) is 7.14. The van der Waals surface area contributed by atoms with Crippen LogP contribution >= 0.6 is 0 Å². The minimum absolute atomic E-state index is 0.0647. The van der Waals surface area contributed by atoms with Gasteiger partial charge in [-0.3, -0.25) is 10.1 Å². The standard InChI is InChI=1S/C15H21N5O2/c1-5-13-14(20(21)22)15(19(4)17-13)16-10-11-6-8-12(9-7-11)18(2)3/h6-9,16H,5,10H2,1-4H3. The lowest BCUT2D eigenvalue weighted by atomic mass is 10.2. The third kappa shape index (κ3) is 3.19. The zero-order valence-electron chi connectivity index (χ0n) is 13.3. The SMILES string of the molecule is CCc1nn(C)c(NCc2ccc(N(C)C)cc2)c1[N+](=O)[O-]. The van der Waals surface area contributed by atoms with Gasteiger partial charge in [0.1, 0.15) is 5.69 Å². The Morgan fingerprint density at radius 3 is 2.45 bits per heavy atom.